The molecule has 3 N–H and O–H groups in total. The molecule has 1 aromatic rings. The summed E-state index contributed by atoms with van der Waals surface area (Å²) in [5.41, 5.74) is 5.97. The lowest BCUT2D eigenvalue weighted by Gasteiger charge is -2.32. The molecule has 0 aliphatic carbocycles. The summed E-state index contributed by atoms with van der Waals surface area (Å²) in [5.74, 6) is -0.789. The van der Waals surface area contributed by atoms with Gasteiger partial charge in [0.05, 0.1) is 0 Å². The van der Waals surface area contributed by atoms with E-state index in [2.05, 4.69) is 5.32 Å². The summed E-state index contributed by atoms with van der Waals surface area (Å²) in [6, 6.07) is 5.83. The van der Waals surface area contributed by atoms with E-state index in [1.807, 2.05) is 6.92 Å². The Hall–Kier alpha value is -1.95. The topological polar surface area (TPSA) is 75.4 Å². The number of carbonyl (C=O) groups excluding carboxylic acids is 2. The Kier molecular flexibility index (Phi) is 5.49. The molecule has 0 bridgehead atoms. The van der Waals surface area contributed by atoms with Crippen molar-refractivity contribution in [3.8, 4) is 0 Å². The van der Waals surface area contributed by atoms with E-state index in [1.54, 1.807) is 17.0 Å². The fourth-order valence-electron chi connectivity index (χ4n) is 2.59. The van der Waals surface area contributed by atoms with Crippen LogP contribution in [0.5, 0.6) is 0 Å². The van der Waals surface area contributed by atoms with Gasteiger partial charge in [-0.05, 0) is 31.0 Å². The maximum absolute atomic E-state index is 13.1. The van der Waals surface area contributed by atoms with E-state index in [0.717, 1.165) is 0 Å². The fourth-order valence-corrected chi connectivity index (χ4v) is 2.59. The predicted molar refractivity (Wildman–Crippen MR) is 82.6 cm³/mol. The van der Waals surface area contributed by atoms with Crippen LogP contribution in [0, 0.1) is 17.7 Å². The molecule has 6 heteroatoms. The van der Waals surface area contributed by atoms with E-state index in [1.165, 1.54) is 12.1 Å². The van der Waals surface area contributed by atoms with E-state index in [0.29, 0.717) is 38.2 Å². The lowest BCUT2D eigenvalue weighted by molar-refractivity contribution is -0.137. The lowest BCUT2D eigenvalue weighted by Crippen LogP contribution is -2.44. The smallest absolute Gasteiger partial charge is 0.227 e. The van der Waals surface area contributed by atoms with Gasteiger partial charge in [-0.3, -0.25) is 9.59 Å². The Labute approximate surface area is 129 Å². The number of amides is 2. The van der Waals surface area contributed by atoms with Gasteiger partial charge in [0.1, 0.15) is 5.82 Å². The molecule has 1 heterocycles. The first-order valence-corrected chi connectivity index (χ1v) is 7.56. The van der Waals surface area contributed by atoms with Crippen LogP contribution in [0.2, 0.25) is 0 Å². The molecule has 22 heavy (non-hydrogen) atoms. The molecule has 1 aliphatic rings. The highest BCUT2D eigenvalue weighted by Gasteiger charge is 2.28. The van der Waals surface area contributed by atoms with Gasteiger partial charge in [0, 0.05) is 37.2 Å². The van der Waals surface area contributed by atoms with Gasteiger partial charge in [-0.2, -0.15) is 0 Å². The quantitative estimate of drug-likeness (QED) is 0.887. The number of rotatable bonds is 4. The van der Waals surface area contributed by atoms with Gasteiger partial charge in [-0.15, -0.1) is 0 Å². The van der Waals surface area contributed by atoms with E-state index in [4.69, 9.17) is 5.73 Å². The Balaban J connectivity index is 1.86. The number of hydrogen-bond donors (Lipinski definition) is 2. The van der Waals surface area contributed by atoms with E-state index in [9.17, 15) is 14.0 Å². The van der Waals surface area contributed by atoms with Crippen LogP contribution in [-0.4, -0.2) is 36.3 Å². The largest absolute Gasteiger partial charge is 0.342 e. The molecule has 1 aromatic carbocycles. The molecular formula is C16H22FN3O2. The van der Waals surface area contributed by atoms with Crippen molar-refractivity contribution < 1.29 is 14.0 Å². The Morgan fingerprint density at radius 3 is 2.68 bits per heavy atom. The monoisotopic (exact) mass is 307 g/mol. The molecule has 0 radical (unpaired) electrons. The zero-order valence-corrected chi connectivity index (χ0v) is 12.7. The average molecular weight is 307 g/mol. The van der Waals surface area contributed by atoms with E-state index < -0.39 is 0 Å². The molecule has 0 saturated carbocycles. The first-order chi connectivity index (χ1) is 10.5. The first kappa shape index (κ1) is 16.4. The normalized spacial score (nSPS) is 17.1. The Morgan fingerprint density at radius 1 is 1.41 bits per heavy atom. The minimum atomic E-state index is -0.381. The number of nitrogens with two attached hydrogens (primary N) is 1. The fraction of sp³-hybridized carbons (Fsp3) is 0.500. The second kappa shape index (κ2) is 7.35. The van der Waals surface area contributed by atoms with Crippen molar-refractivity contribution in [2.24, 2.45) is 17.6 Å². The summed E-state index contributed by atoms with van der Waals surface area (Å²) >= 11 is 0. The van der Waals surface area contributed by atoms with Gasteiger partial charge in [0.2, 0.25) is 11.8 Å². The number of hydrogen-bond acceptors (Lipinski definition) is 3. The maximum Gasteiger partial charge on any atom is 0.227 e. The molecule has 120 valence electrons. The molecule has 1 aliphatic heterocycles. The standard InChI is InChI=1S/C16H22FN3O2/c1-11(10-18)16(22)20-7-5-12(6-8-20)15(21)19-14-4-2-3-13(17)9-14/h2-4,9,11-12H,5-8,10,18H2,1H3,(H,19,21). The van der Waals surface area contributed by atoms with Crippen molar-refractivity contribution >= 4 is 17.5 Å². The van der Waals surface area contributed by atoms with Gasteiger partial charge in [0.15, 0.2) is 0 Å². The van der Waals surface area contributed by atoms with Crippen LogP contribution in [0.4, 0.5) is 10.1 Å². The van der Waals surface area contributed by atoms with Crippen LogP contribution in [-0.2, 0) is 9.59 Å². The Bertz CT molecular complexity index is 542. The van der Waals surface area contributed by atoms with Crippen molar-refractivity contribution in [1.82, 2.24) is 4.90 Å². The van der Waals surface area contributed by atoms with Gasteiger partial charge in [-0.25, -0.2) is 4.39 Å². The number of likely N-dealkylation sites (tertiary alicyclic amines) is 1. The molecule has 0 aromatic heterocycles. The maximum atomic E-state index is 13.1. The van der Waals surface area contributed by atoms with Crippen molar-refractivity contribution in [3.05, 3.63) is 30.1 Å². The first-order valence-electron chi connectivity index (χ1n) is 7.56. The molecule has 1 saturated heterocycles. The number of halogens is 1. The van der Waals surface area contributed by atoms with Crippen LogP contribution in [0.15, 0.2) is 24.3 Å². The van der Waals surface area contributed by atoms with E-state index in [-0.39, 0.29) is 29.5 Å². The number of anilines is 1. The van der Waals surface area contributed by atoms with Crippen molar-refractivity contribution in [2.75, 3.05) is 25.0 Å². The average Bonchev–Trinajstić information content (AvgIpc) is 2.53. The highest BCUT2D eigenvalue weighted by Crippen LogP contribution is 2.21. The van der Waals surface area contributed by atoms with Gasteiger partial charge < -0.3 is 16.0 Å². The Morgan fingerprint density at radius 2 is 2.09 bits per heavy atom. The summed E-state index contributed by atoms with van der Waals surface area (Å²) in [7, 11) is 0. The second-order valence-electron chi connectivity index (χ2n) is 5.74. The highest BCUT2D eigenvalue weighted by molar-refractivity contribution is 5.92. The number of carbonyl (C=O) groups is 2. The molecule has 0 spiro atoms. The van der Waals surface area contributed by atoms with Crippen molar-refractivity contribution in [1.29, 1.82) is 0 Å². The second-order valence-corrected chi connectivity index (χ2v) is 5.74. The molecule has 1 unspecified atom stereocenters. The summed E-state index contributed by atoms with van der Waals surface area (Å²) < 4.78 is 13.1. The minimum absolute atomic E-state index is 0.0477. The third-order valence-electron chi connectivity index (χ3n) is 4.04. The van der Waals surface area contributed by atoms with Gasteiger partial charge in [-0.1, -0.05) is 13.0 Å². The minimum Gasteiger partial charge on any atom is -0.342 e. The zero-order valence-electron chi connectivity index (χ0n) is 12.7. The van der Waals surface area contributed by atoms with Crippen LogP contribution < -0.4 is 11.1 Å². The van der Waals surface area contributed by atoms with E-state index >= 15 is 0 Å². The summed E-state index contributed by atoms with van der Waals surface area (Å²) in [6.45, 7) is 3.26. The van der Waals surface area contributed by atoms with Crippen LogP contribution in [0.3, 0.4) is 0 Å². The van der Waals surface area contributed by atoms with Crippen LogP contribution in [0.1, 0.15) is 19.8 Å². The summed E-state index contributed by atoms with van der Waals surface area (Å²) in [6.07, 6.45) is 1.23. The molecule has 1 atom stereocenters. The van der Waals surface area contributed by atoms with Gasteiger partial charge >= 0.3 is 0 Å². The lowest BCUT2D eigenvalue weighted by atomic mass is 9.95. The molecule has 2 amide bonds. The number of nitrogens with one attached hydrogen (secondary N) is 1. The number of piperidine rings is 1. The van der Waals surface area contributed by atoms with Crippen LogP contribution >= 0.6 is 0 Å². The highest BCUT2D eigenvalue weighted by atomic mass is 19.1. The number of nitrogens with zero attached hydrogens (tertiary/aromatic N) is 1. The predicted octanol–water partition coefficient (Wildman–Crippen LogP) is 1.60. The molecule has 5 nitrogen and oxygen atoms in total. The van der Waals surface area contributed by atoms with Gasteiger partial charge in [0.25, 0.3) is 0 Å². The third-order valence-corrected chi connectivity index (χ3v) is 4.04. The van der Waals surface area contributed by atoms with Crippen molar-refractivity contribution in [2.45, 2.75) is 19.8 Å². The molecule has 1 fully saturated rings. The van der Waals surface area contributed by atoms with Crippen molar-refractivity contribution in [3.63, 3.8) is 0 Å². The zero-order chi connectivity index (χ0) is 16.1. The summed E-state index contributed by atoms with van der Waals surface area (Å²) in [5, 5.41) is 2.73. The molecular weight excluding hydrogens is 285 g/mol. The van der Waals surface area contributed by atoms with Crippen LogP contribution in [0.25, 0.3) is 0 Å². The summed E-state index contributed by atoms with van der Waals surface area (Å²) in [4.78, 5) is 26.0. The molecule has 2 rings (SSSR count). The third kappa shape index (κ3) is 4.04. The SMILES string of the molecule is CC(CN)C(=O)N1CCC(C(=O)Nc2cccc(F)c2)CC1. The number of benzene rings is 1.